The first-order valence-electron chi connectivity index (χ1n) is 11.6. The van der Waals surface area contributed by atoms with E-state index in [1.165, 1.54) is 16.7 Å². The summed E-state index contributed by atoms with van der Waals surface area (Å²) in [6.45, 7) is 10.7. The highest BCUT2D eigenvalue weighted by Gasteiger charge is 2.25. The Bertz CT molecular complexity index is 1160. The molecule has 0 aliphatic carbocycles. The fraction of sp³-hybridized carbons (Fsp3) is 0.480. The van der Waals surface area contributed by atoms with Crippen molar-refractivity contribution in [2.45, 2.75) is 45.8 Å². The number of rotatable bonds is 7. The minimum Gasteiger partial charge on any atom is -0.481 e. The summed E-state index contributed by atoms with van der Waals surface area (Å²) >= 11 is 1.48. The van der Waals surface area contributed by atoms with Gasteiger partial charge in [-0.15, -0.1) is 11.3 Å². The quantitative estimate of drug-likeness (QED) is 0.537. The largest absolute Gasteiger partial charge is 0.481 e. The van der Waals surface area contributed by atoms with Gasteiger partial charge in [0.2, 0.25) is 0 Å². The number of nitrogens with zero attached hydrogens (tertiary/aromatic N) is 4. The van der Waals surface area contributed by atoms with Gasteiger partial charge in [-0.3, -0.25) is 9.69 Å². The van der Waals surface area contributed by atoms with Crippen LogP contribution >= 0.6 is 11.3 Å². The SMILES string of the molecule is CC(C)(C)OC(=O)N1CCN(CCCn2ccc3ccc(-c4nc(CC(=O)O)cs4)cc32)CC1. The number of carbonyl (C=O) groups excluding carboxylic acids is 1. The van der Waals surface area contributed by atoms with Crippen LogP contribution in [0, 0.1) is 0 Å². The molecule has 8 nitrogen and oxygen atoms in total. The van der Waals surface area contributed by atoms with E-state index in [-0.39, 0.29) is 12.5 Å². The van der Waals surface area contributed by atoms with Gasteiger partial charge in [-0.05, 0) is 51.3 Å². The number of hydrogen-bond donors (Lipinski definition) is 1. The summed E-state index contributed by atoms with van der Waals surface area (Å²) in [6, 6.07) is 8.39. The fourth-order valence-electron chi connectivity index (χ4n) is 4.13. The first-order chi connectivity index (χ1) is 16.2. The number of piperazine rings is 1. The average molecular weight is 485 g/mol. The third-order valence-electron chi connectivity index (χ3n) is 5.80. The van der Waals surface area contributed by atoms with Gasteiger partial charge in [0, 0.05) is 55.4 Å². The van der Waals surface area contributed by atoms with Crippen molar-refractivity contribution in [3.8, 4) is 10.6 Å². The molecule has 1 saturated heterocycles. The fourth-order valence-corrected chi connectivity index (χ4v) is 4.95. The van der Waals surface area contributed by atoms with Crippen molar-refractivity contribution < 1.29 is 19.4 Å². The van der Waals surface area contributed by atoms with E-state index in [4.69, 9.17) is 9.84 Å². The number of aromatic nitrogens is 2. The Kier molecular flexibility index (Phi) is 7.23. The Morgan fingerprint density at radius 1 is 1.12 bits per heavy atom. The van der Waals surface area contributed by atoms with Gasteiger partial charge < -0.3 is 19.3 Å². The predicted molar refractivity (Wildman–Crippen MR) is 133 cm³/mol. The first kappa shape index (κ1) is 24.2. The number of ether oxygens (including phenoxy) is 1. The van der Waals surface area contributed by atoms with Crippen LogP contribution in [-0.2, 0) is 22.5 Å². The number of thiazole rings is 1. The Morgan fingerprint density at radius 2 is 1.88 bits per heavy atom. The minimum absolute atomic E-state index is 0.0544. The second-order valence-electron chi connectivity index (χ2n) is 9.66. The zero-order chi connectivity index (χ0) is 24.3. The number of carboxylic acid groups (broad SMARTS) is 1. The molecule has 1 aliphatic rings. The number of amides is 1. The molecule has 0 atom stereocenters. The normalized spacial score (nSPS) is 15.1. The molecule has 3 heterocycles. The highest BCUT2D eigenvalue weighted by Crippen LogP contribution is 2.28. The van der Waals surface area contributed by atoms with E-state index in [9.17, 15) is 9.59 Å². The van der Waals surface area contributed by atoms with Crippen molar-refractivity contribution >= 4 is 34.3 Å². The van der Waals surface area contributed by atoms with Crippen molar-refractivity contribution in [3.05, 3.63) is 41.5 Å². The van der Waals surface area contributed by atoms with E-state index in [0.717, 1.165) is 48.7 Å². The summed E-state index contributed by atoms with van der Waals surface area (Å²) < 4.78 is 7.74. The second kappa shape index (κ2) is 10.1. The van der Waals surface area contributed by atoms with Gasteiger partial charge in [0.25, 0.3) is 0 Å². The standard InChI is InChI=1S/C25H32N4O4S/c1-25(2,3)33-24(32)29-13-11-27(12-14-29)8-4-9-28-10-7-18-5-6-19(15-21(18)28)23-26-20(17-34-23)16-22(30)31/h5-7,10,15,17H,4,8-9,11-14,16H2,1-3H3,(H,30,31). The lowest BCUT2D eigenvalue weighted by molar-refractivity contribution is -0.136. The van der Waals surface area contributed by atoms with E-state index in [1.807, 2.05) is 32.2 Å². The van der Waals surface area contributed by atoms with Crippen LogP contribution in [0.3, 0.4) is 0 Å². The topological polar surface area (TPSA) is 87.9 Å². The maximum atomic E-state index is 12.2. The van der Waals surface area contributed by atoms with Crippen LogP contribution in [0.5, 0.6) is 0 Å². The molecule has 4 rings (SSSR count). The Hall–Kier alpha value is -2.91. The van der Waals surface area contributed by atoms with Gasteiger partial charge in [0.1, 0.15) is 10.6 Å². The zero-order valence-corrected chi connectivity index (χ0v) is 20.8. The zero-order valence-electron chi connectivity index (χ0n) is 20.0. The third-order valence-corrected chi connectivity index (χ3v) is 6.74. The Labute approximate surface area is 203 Å². The minimum atomic E-state index is -0.868. The Morgan fingerprint density at radius 3 is 2.59 bits per heavy atom. The molecule has 182 valence electrons. The molecule has 0 bridgehead atoms. The molecule has 34 heavy (non-hydrogen) atoms. The number of carbonyl (C=O) groups is 2. The second-order valence-corrected chi connectivity index (χ2v) is 10.5. The van der Waals surface area contributed by atoms with Crippen LogP contribution in [0.2, 0.25) is 0 Å². The van der Waals surface area contributed by atoms with Crippen molar-refractivity contribution in [1.29, 1.82) is 0 Å². The number of benzene rings is 1. The van der Waals surface area contributed by atoms with Crippen molar-refractivity contribution in [2.75, 3.05) is 32.7 Å². The van der Waals surface area contributed by atoms with Gasteiger partial charge in [-0.25, -0.2) is 9.78 Å². The average Bonchev–Trinajstić information content (AvgIpc) is 3.39. The highest BCUT2D eigenvalue weighted by molar-refractivity contribution is 7.13. The summed E-state index contributed by atoms with van der Waals surface area (Å²) in [7, 11) is 0. The maximum absolute atomic E-state index is 12.2. The van der Waals surface area contributed by atoms with E-state index >= 15 is 0 Å². The number of hydrogen-bond acceptors (Lipinski definition) is 6. The summed E-state index contributed by atoms with van der Waals surface area (Å²) in [5.74, 6) is -0.868. The van der Waals surface area contributed by atoms with E-state index in [2.05, 4.69) is 38.8 Å². The molecule has 0 saturated carbocycles. The Balaban J connectivity index is 1.31. The number of aryl methyl sites for hydroxylation is 1. The lowest BCUT2D eigenvalue weighted by Gasteiger charge is -2.35. The molecular weight excluding hydrogens is 452 g/mol. The van der Waals surface area contributed by atoms with Gasteiger partial charge >= 0.3 is 12.1 Å². The first-order valence-corrected chi connectivity index (χ1v) is 12.5. The van der Waals surface area contributed by atoms with Crippen LogP contribution in [0.15, 0.2) is 35.8 Å². The van der Waals surface area contributed by atoms with E-state index in [1.54, 1.807) is 4.90 Å². The van der Waals surface area contributed by atoms with Crippen LogP contribution < -0.4 is 0 Å². The molecule has 0 spiro atoms. The molecular formula is C25H32N4O4S. The number of fused-ring (bicyclic) bond motifs is 1. The lowest BCUT2D eigenvalue weighted by Crippen LogP contribution is -2.50. The molecule has 1 aromatic carbocycles. The molecule has 3 aromatic rings. The van der Waals surface area contributed by atoms with Crippen LogP contribution in [0.4, 0.5) is 4.79 Å². The lowest BCUT2D eigenvalue weighted by atomic mass is 10.1. The summed E-state index contributed by atoms with van der Waals surface area (Å²) in [5.41, 5.74) is 2.29. The predicted octanol–water partition coefficient (Wildman–Crippen LogP) is 4.33. The number of carboxylic acids is 1. The smallest absolute Gasteiger partial charge is 0.410 e. The van der Waals surface area contributed by atoms with Crippen LogP contribution in [-0.4, -0.2) is 74.8 Å². The van der Waals surface area contributed by atoms with E-state index < -0.39 is 11.6 Å². The molecule has 2 aromatic heterocycles. The molecule has 1 N–H and O–H groups in total. The van der Waals surface area contributed by atoms with E-state index in [0.29, 0.717) is 18.8 Å². The molecule has 1 aliphatic heterocycles. The number of aliphatic carboxylic acids is 1. The summed E-state index contributed by atoms with van der Waals surface area (Å²) in [5, 5.41) is 12.8. The summed E-state index contributed by atoms with van der Waals surface area (Å²) in [6.07, 6.45) is 2.85. The van der Waals surface area contributed by atoms with Gasteiger partial charge in [0.15, 0.2) is 0 Å². The van der Waals surface area contributed by atoms with Gasteiger partial charge in [0.05, 0.1) is 12.1 Å². The molecule has 9 heteroatoms. The maximum Gasteiger partial charge on any atom is 0.410 e. The van der Waals surface area contributed by atoms with Crippen molar-refractivity contribution in [1.82, 2.24) is 19.4 Å². The van der Waals surface area contributed by atoms with Gasteiger partial charge in [-0.2, -0.15) is 0 Å². The molecule has 0 unspecified atom stereocenters. The van der Waals surface area contributed by atoms with Crippen LogP contribution in [0.25, 0.3) is 21.5 Å². The molecule has 1 amide bonds. The van der Waals surface area contributed by atoms with Crippen molar-refractivity contribution in [3.63, 3.8) is 0 Å². The van der Waals surface area contributed by atoms with Crippen LogP contribution in [0.1, 0.15) is 32.9 Å². The molecule has 1 fully saturated rings. The molecule has 0 radical (unpaired) electrons. The van der Waals surface area contributed by atoms with Gasteiger partial charge in [-0.1, -0.05) is 12.1 Å². The summed E-state index contributed by atoms with van der Waals surface area (Å²) in [4.78, 5) is 31.9. The highest BCUT2D eigenvalue weighted by atomic mass is 32.1. The monoisotopic (exact) mass is 484 g/mol. The van der Waals surface area contributed by atoms with Crippen molar-refractivity contribution in [2.24, 2.45) is 0 Å². The third kappa shape index (κ3) is 6.15.